The second-order valence-corrected chi connectivity index (χ2v) is 5.71. The molecule has 0 aromatic heterocycles. The molecule has 127 valence electrons. The highest BCUT2D eigenvalue weighted by Crippen LogP contribution is 2.24. The van der Waals surface area contributed by atoms with Gasteiger partial charge in [0, 0.05) is 43.1 Å². The van der Waals surface area contributed by atoms with Crippen LogP contribution >= 0.6 is 0 Å². The standard InChI is InChI=1S/C22H29N2/c1-5-23(6-2)21-15-11-9-13-19(21)17-18-20-14-10-12-16-22(20)24(7-3)8-4/h9-17H,5-8H2,1-4H3. The van der Waals surface area contributed by atoms with Gasteiger partial charge in [0.15, 0.2) is 0 Å². The van der Waals surface area contributed by atoms with E-state index in [0.29, 0.717) is 0 Å². The van der Waals surface area contributed by atoms with Crippen molar-refractivity contribution in [3.8, 4) is 0 Å². The molecule has 0 amide bonds. The van der Waals surface area contributed by atoms with Crippen LogP contribution in [-0.2, 0) is 0 Å². The van der Waals surface area contributed by atoms with Crippen molar-refractivity contribution < 1.29 is 0 Å². The van der Waals surface area contributed by atoms with Crippen LogP contribution in [0.25, 0.3) is 6.08 Å². The Morgan fingerprint density at radius 3 is 1.83 bits per heavy atom. The minimum Gasteiger partial charge on any atom is -0.372 e. The van der Waals surface area contributed by atoms with E-state index in [1.54, 1.807) is 0 Å². The van der Waals surface area contributed by atoms with E-state index in [1.165, 1.54) is 16.9 Å². The topological polar surface area (TPSA) is 6.48 Å². The molecule has 0 aliphatic heterocycles. The lowest BCUT2D eigenvalue weighted by Crippen LogP contribution is -2.22. The summed E-state index contributed by atoms with van der Waals surface area (Å²) in [6, 6.07) is 17.1. The lowest BCUT2D eigenvalue weighted by Gasteiger charge is -2.24. The maximum Gasteiger partial charge on any atom is 0.0445 e. The number of benzene rings is 2. The number of nitrogens with zero attached hydrogens (tertiary/aromatic N) is 2. The number of anilines is 2. The van der Waals surface area contributed by atoms with E-state index in [-0.39, 0.29) is 0 Å². The quantitative estimate of drug-likeness (QED) is 0.613. The summed E-state index contributed by atoms with van der Waals surface area (Å²) in [5.41, 5.74) is 4.89. The van der Waals surface area contributed by atoms with Crippen LogP contribution in [0.4, 0.5) is 11.4 Å². The Morgan fingerprint density at radius 1 is 0.708 bits per heavy atom. The van der Waals surface area contributed by atoms with E-state index in [0.717, 1.165) is 31.7 Å². The Morgan fingerprint density at radius 2 is 1.21 bits per heavy atom. The first-order valence-corrected chi connectivity index (χ1v) is 9.02. The van der Waals surface area contributed by atoms with Crippen LogP contribution in [0, 0.1) is 6.08 Å². The van der Waals surface area contributed by atoms with E-state index in [4.69, 9.17) is 0 Å². The molecule has 0 atom stereocenters. The van der Waals surface area contributed by atoms with Crippen LogP contribution in [0.3, 0.4) is 0 Å². The molecular weight excluding hydrogens is 292 g/mol. The number of hydrogen-bond donors (Lipinski definition) is 0. The van der Waals surface area contributed by atoms with Crippen molar-refractivity contribution in [3.63, 3.8) is 0 Å². The van der Waals surface area contributed by atoms with Crippen LogP contribution in [-0.4, -0.2) is 26.2 Å². The van der Waals surface area contributed by atoms with Crippen molar-refractivity contribution >= 4 is 17.5 Å². The molecule has 0 bridgehead atoms. The zero-order valence-electron chi connectivity index (χ0n) is 15.4. The van der Waals surface area contributed by atoms with Crippen molar-refractivity contribution in [3.05, 3.63) is 65.7 Å². The Bertz CT molecular complexity index is 595. The second-order valence-electron chi connectivity index (χ2n) is 5.71. The minimum atomic E-state index is 1.01. The van der Waals surface area contributed by atoms with Gasteiger partial charge >= 0.3 is 0 Å². The largest absolute Gasteiger partial charge is 0.372 e. The zero-order valence-corrected chi connectivity index (χ0v) is 15.4. The highest BCUT2D eigenvalue weighted by Gasteiger charge is 2.08. The highest BCUT2D eigenvalue weighted by atomic mass is 15.1. The minimum absolute atomic E-state index is 1.01. The van der Waals surface area contributed by atoms with Crippen LogP contribution < -0.4 is 9.80 Å². The predicted molar refractivity (Wildman–Crippen MR) is 107 cm³/mol. The molecule has 2 aromatic carbocycles. The van der Waals surface area contributed by atoms with E-state index in [9.17, 15) is 0 Å². The second kappa shape index (κ2) is 9.17. The van der Waals surface area contributed by atoms with Gasteiger partial charge in [0.1, 0.15) is 0 Å². The third kappa shape index (κ3) is 4.19. The summed E-state index contributed by atoms with van der Waals surface area (Å²) in [6.45, 7) is 12.8. The SMILES string of the molecule is CCN(CC)c1ccccc1/[C]=C/c1ccccc1N(CC)CC. The van der Waals surface area contributed by atoms with Crippen molar-refractivity contribution in [1.82, 2.24) is 0 Å². The fraction of sp³-hybridized carbons (Fsp3) is 0.364. The molecule has 0 saturated heterocycles. The maximum atomic E-state index is 3.53. The van der Waals surface area contributed by atoms with Gasteiger partial charge in [-0.25, -0.2) is 0 Å². The maximum absolute atomic E-state index is 3.53. The van der Waals surface area contributed by atoms with Gasteiger partial charge in [-0.1, -0.05) is 36.4 Å². The van der Waals surface area contributed by atoms with E-state index < -0.39 is 0 Å². The molecule has 0 saturated carbocycles. The predicted octanol–water partition coefficient (Wildman–Crippen LogP) is 5.24. The van der Waals surface area contributed by atoms with Crippen molar-refractivity contribution in [1.29, 1.82) is 0 Å². The summed E-state index contributed by atoms with van der Waals surface area (Å²) in [5.74, 6) is 0. The monoisotopic (exact) mass is 321 g/mol. The van der Waals surface area contributed by atoms with Gasteiger partial charge in [-0.05, 0) is 57.5 Å². The average Bonchev–Trinajstić information content (AvgIpc) is 2.64. The molecule has 0 unspecified atom stereocenters. The Labute approximate surface area is 147 Å². The lowest BCUT2D eigenvalue weighted by atomic mass is 10.1. The molecule has 2 nitrogen and oxygen atoms in total. The molecule has 1 radical (unpaired) electrons. The number of para-hydroxylation sites is 2. The summed E-state index contributed by atoms with van der Waals surface area (Å²) in [5, 5.41) is 0. The highest BCUT2D eigenvalue weighted by molar-refractivity contribution is 5.69. The van der Waals surface area contributed by atoms with Crippen LogP contribution in [0.15, 0.2) is 48.5 Å². The zero-order chi connectivity index (χ0) is 17.4. The Kier molecular flexibility index (Phi) is 6.92. The molecule has 2 heteroatoms. The molecule has 0 fully saturated rings. The van der Waals surface area contributed by atoms with Gasteiger partial charge < -0.3 is 9.80 Å². The smallest absolute Gasteiger partial charge is 0.0445 e. The van der Waals surface area contributed by atoms with Crippen LogP contribution in [0.1, 0.15) is 38.8 Å². The third-order valence-corrected chi connectivity index (χ3v) is 4.43. The van der Waals surface area contributed by atoms with E-state index >= 15 is 0 Å². The van der Waals surface area contributed by atoms with Gasteiger partial charge in [0.05, 0.1) is 0 Å². The summed E-state index contributed by atoms with van der Waals surface area (Å²) >= 11 is 0. The van der Waals surface area contributed by atoms with Crippen molar-refractivity contribution in [2.24, 2.45) is 0 Å². The van der Waals surface area contributed by atoms with E-state index in [1.807, 2.05) is 0 Å². The fourth-order valence-corrected chi connectivity index (χ4v) is 3.05. The van der Waals surface area contributed by atoms with Crippen molar-refractivity contribution in [2.45, 2.75) is 27.7 Å². The van der Waals surface area contributed by atoms with E-state index in [2.05, 4.69) is 98.2 Å². The first-order valence-electron chi connectivity index (χ1n) is 9.02. The molecule has 0 aliphatic rings. The molecule has 0 aliphatic carbocycles. The first kappa shape index (κ1) is 18.1. The molecule has 0 heterocycles. The van der Waals surface area contributed by atoms with Gasteiger partial charge in [-0.15, -0.1) is 0 Å². The molecule has 2 aromatic rings. The lowest BCUT2D eigenvalue weighted by molar-refractivity contribution is 0.863. The molecule has 0 N–H and O–H groups in total. The van der Waals surface area contributed by atoms with Crippen molar-refractivity contribution in [2.75, 3.05) is 36.0 Å². The molecule has 24 heavy (non-hydrogen) atoms. The molecular formula is C22H29N2. The summed E-state index contributed by atoms with van der Waals surface area (Å²) in [6.07, 6.45) is 5.65. The van der Waals surface area contributed by atoms with Gasteiger partial charge in [0.2, 0.25) is 0 Å². The van der Waals surface area contributed by atoms with Crippen LogP contribution in [0.5, 0.6) is 0 Å². The van der Waals surface area contributed by atoms with Gasteiger partial charge in [-0.2, -0.15) is 0 Å². The first-order chi connectivity index (χ1) is 11.7. The third-order valence-electron chi connectivity index (χ3n) is 4.43. The summed E-state index contributed by atoms with van der Waals surface area (Å²) in [4.78, 5) is 4.75. The average molecular weight is 321 g/mol. The normalized spacial score (nSPS) is 11.0. The molecule has 0 spiro atoms. The Balaban J connectivity index is 2.36. The summed E-state index contributed by atoms with van der Waals surface area (Å²) in [7, 11) is 0. The van der Waals surface area contributed by atoms with Gasteiger partial charge in [-0.3, -0.25) is 0 Å². The fourth-order valence-electron chi connectivity index (χ4n) is 3.05. The number of rotatable bonds is 8. The van der Waals surface area contributed by atoms with Gasteiger partial charge in [0.25, 0.3) is 0 Å². The Hall–Kier alpha value is -2.22. The summed E-state index contributed by atoms with van der Waals surface area (Å²) < 4.78 is 0. The van der Waals surface area contributed by atoms with Crippen LogP contribution in [0.2, 0.25) is 0 Å². The number of hydrogen-bond acceptors (Lipinski definition) is 2. The molecule has 2 rings (SSSR count).